The summed E-state index contributed by atoms with van der Waals surface area (Å²) in [5.74, 6) is -0.203. The minimum absolute atomic E-state index is 0.227. The van der Waals surface area contributed by atoms with Gasteiger partial charge in [0, 0.05) is 13.0 Å². The van der Waals surface area contributed by atoms with Gasteiger partial charge in [0.1, 0.15) is 23.7 Å². The molecular formula is C34H64N2O7S. The fourth-order valence-electron chi connectivity index (χ4n) is 6.74. The number of carbonyl (C=O) groups is 2. The molecular weight excluding hydrogens is 580 g/mol. The molecule has 1 amide bonds. The monoisotopic (exact) mass is 644 g/mol. The van der Waals surface area contributed by atoms with E-state index in [1.165, 1.54) is 82.9 Å². The maximum Gasteiger partial charge on any atom is 0.306 e. The van der Waals surface area contributed by atoms with Crippen molar-refractivity contribution in [3.8, 4) is 0 Å². The molecule has 0 aliphatic carbocycles. The summed E-state index contributed by atoms with van der Waals surface area (Å²) >= 11 is 1.26. The molecule has 2 aliphatic rings. The first-order valence-electron chi connectivity index (χ1n) is 17.6. The molecule has 2 saturated heterocycles. The lowest BCUT2D eigenvalue weighted by Crippen LogP contribution is -2.66. The summed E-state index contributed by atoms with van der Waals surface area (Å²) in [5.41, 5.74) is -0.754. The van der Waals surface area contributed by atoms with Gasteiger partial charge in [-0.1, -0.05) is 97.3 Å². The zero-order valence-corrected chi connectivity index (χ0v) is 29.1. The highest BCUT2D eigenvalue weighted by Gasteiger charge is 2.50. The molecule has 2 heterocycles. The topological polar surface area (TPSA) is 129 Å². The van der Waals surface area contributed by atoms with Gasteiger partial charge in [0.05, 0.1) is 18.2 Å². The Morgan fingerprint density at radius 3 is 2.02 bits per heavy atom. The summed E-state index contributed by atoms with van der Waals surface area (Å²) in [6, 6.07) is -1.27. The van der Waals surface area contributed by atoms with E-state index < -0.39 is 48.0 Å². The molecule has 2 fully saturated rings. The SMILES string of the molecule is CCCCCCCCCCCCCCCC(=O)O[C@@H]1[C@@H](O)[C@@H](O)[C@@H]([C@H](NC(=O)[C@@H]2C[C@@H](CCC)CN2C)[C@H](C)O)O[C@@H]1SC. The molecule has 0 saturated carbocycles. The number of aliphatic hydroxyl groups is 3. The van der Waals surface area contributed by atoms with Crippen molar-refractivity contribution in [2.24, 2.45) is 5.92 Å². The lowest BCUT2D eigenvalue weighted by atomic mass is 9.91. The van der Waals surface area contributed by atoms with Gasteiger partial charge < -0.3 is 30.1 Å². The second-order valence-corrected chi connectivity index (χ2v) is 14.2. The van der Waals surface area contributed by atoms with Gasteiger partial charge in [-0.15, -0.1) is 11.8 Å². The first-order valence-corrected chi connectivity index (χ1v) is 18.9. The number of nitrogens with one attached hydrogen (secondary N) is 1. The van der Waals surface area contributed by atoms with E-state index in [2.05, 4.69) is 19.2 Å². The van der Waals surface area contributed by atoms with Crippen LogP contribution in [0.25, 0.3) is 0 Å². The fourth-order valence-corrected chi connectivity index (χ4v) is 7.46. The molecule has 10 heteroatoms. The van der Waals surface area contributed by atoms with Crippen molar-refractivity contribution in [3.05, 3.63) is 0 Å². The molecule has 4 N–H and O–H groups in total. The van der Waals surface area contributed by atoms with Crippen molar-refractivity contribution in [1.82, 2.24) is 10.2 Å². The van der Waals surface area contributed by atoms with Crippen molar-refractivity contribution in [3.63, 3.8) is 0 Å². The van der Waals surface area contributed by atoms with Crippen LogP contribution < -0.4 is 5.32 Å². The summed E-state index contributed by atoms with van der Waals surface area (Å²) in [4.78, 5) is 27.9. The molecule has 0 aromatic rings. The predicted octanol–water partition coefficient (Wildman–Crippen LogP) is 5.18. The lowest BCUT2D eigenvalue weighted by molar-refractivity contribution is -0.223. The van der Waals surface area contributed by atoms with E-state index in [-0.39, 0.29) is 18.4 Å². The lowest BCUT2D eigenvalue weighted by Gasteiger charge is -2.45. The van der Waals surface area contributed by atoms with E-state index in [4.69, 9.17) is 9.47 Å². The number of likely N-dealkylation sites (N-methyl/N-ethyl adjacent to an activating group) is 1. The average Bonchev–Trinajstić information content (AvgIpc) is 3.36. The number of unbranched alkanes of at least 4 members (excludes halogenated alkanes) is 12. The number of rotatable bonds is 22. The number of amides is 1. The molecule has 0 bridgehead atoms. The number of esters is 1. The number of hydrogen-bond donors (Lipinski definition) is 4. The standard InChI is InChI=1S/C34H64N2O7S/c1-6-8-9-10-11-12-13-14-15-16-17-18-19-21-27(38)42-32-30(40)29(39)31(43-34(32)44-5)28(24(3)37)35-33(41)26-22-25(20-7-2)23-36(26)4/h24-26,28-32,34,37,39-40H,6-23H2,1-5H3,(H,35,41)/t24-,25+,26-,28+,29+,30-,31+,32+,34+/m0/s1. The largest absolute Gasteiger partial charge is 0.456 e. The summed E-state index contributed by atoms with van der Waals surface area (Å²) in [6.45, 7) is 6.75. The number of ether oxygens (including phenoxy) is 2. The van der Waals surface area contributed by atoms with E-state index >= 15 is 0 Å². The summed E-state index contributed by atoms with van der Waals surface area (Å²) in [5, 5.41) is 35.6. The van der Waals surface area contributed by atoms with Crippen LogP contribution in [0.15, 0.2) is 0 Å². The third-order valence-electron chi connectivity index (χ3n) is 9.38. The predicted molar refractivity (Wildman–Crippen MR) is 177 cm³/mol. The highest BCUT2D eigenvalue weighted by atomic mass is 32.2. The molecule has 9 nitrogen and oxygen atoms in total. The number of likely N-dealkylation sites (tertiary alicyclic amines) is 1. The summed E-state index contributed by atoms with van der Waals surface area (Å²) < 4.78 is 11.7. The molecule has 0 spiro atoms. The maximum atomic E-state index is 13.2. The van der Waals surface area contributed by atoms with Crippen LogP contribution in [0.2, 0.25) is 0 Å². The van der Waals surface area contributed by atoms with Crippen molar-refractivity contribution < 1.29 is 34.4 Å². The van der Waals surface area contributed by atoms with Gasteiger partial charge >= 0.3 is 5.97 Å². The van der Waals surface area contributed by atoms with Crippen LogP contribution in [-0.4, -0.2) is 100.0 Å². The zero-order valence-electron chi connectivity index (χ0n) is 28.3. The normalized spacial score (nSPS) is 29.0. The van der Waals surface area contributed by atoms with Crippen LogP contribution in [0.3, 0.4) is 0 Å². The molecule has 44 heavy (non-hydrogen) atoms. The first kappa shape index (κ1) is 39.3. The minimum atomic E-state index is -1.46. The van der Waals surface area contributed by atoms with E-state index in [1.807, 2.05) is 11.9 Å². The Morgan fingerprint density at radius 2 is 1.50 bits per heavy atom. The van der Waals surface area contributed by atoms with E-state index in [0.29, 0.717) is 5.92 Å². The molecule has 0 aromatic carbocycles. The van der Waals surface area contributed by atoms with Gasteiger partial charge in [-0.25, -0.2) is 0 Å². The Bertz CT molecular complexity index is 802. The van der Waals surface area contributed by atoms with Crippen LogP contribution in [0.5, 0.6) is 0 Å². The number of carbonyl (C=O) groups excluding carboxylic acids is 2. The Labute approximate surface area is 271 Å². The Hall–Kier alpha value is -0.910. The van der Waals surface area contributed by atoms with Gasteiger partial charge in [-0.3, -0.25) is 14.5 Å². The molecule has 0 aromatic heterocycles. The van der Waals surface area contributed by atoms with Gasteiger partial charge in [0.2, 0.25) is 5.91 Å². The van der Waals surface area contributed by atoms with Crippen LogP contribution in [-0.2, 0) is 19.1 Å². The molecule has 2 aliphatic heterocycles. The van der Waals surface area contributed by atoms with E-state index in [0.717, 1.165) is 45.1 Å². The molecule has 0 radical (unpaired) electrons. The number of hydrogen-bond acceptors (Lipinski definition) is 9. The van der Waals surface area contributed by atoms with Crippen LogP contribution in [0.4, 0.5) is 0 Å². The second-order valence-electron chi connectivity index (χ2n) is 13.3. The molecule has 9 atom stereocenters. The number of aliphatic hydroxyl groups excluding tert-OH is 3. The molecule has 0 unspecified atom stereocenters. The summed E-state index contributed by atoms with van der Waals surface area (Å²) in [7, 11) is 1.92. The van der Waals surface area contributed by atoms with Crippen LogP contribution in [0, 0.1) is 5.92 Å². The smallest absolute Gasteiger partial charge is 0.306 e. The quantitative estimate of drug-likeness (QED) is 0.0932. The number of nitrogens with zero attached hydrogens (tertiary/aromatic N) is 1. The van der Waals surface area contributed by atoms with Gasteiger partial charge in [0.25, 0.3) is 0 Å². The minimum Gasteiger partial charge on any atom is -0.456 e. The molecule has 2 rings (SSSR count). The fraction of sp³-hybridized carbons (Fsp3) is 0.941. The van der Waals surface area contributed by atoms with E-state index in [1.54, 1.807) is 6.26 Å². The van der Waals surface area contributed by atoms with Crippen LogP contribution in [0.1, 0.15) is 130 Å². The Kier molecular flexibility index (Phi) is 19.5. The van der Waals surface area contributed by atoms with Crippen molar-refractivity contribution >= 4 is 23.6 Å². The summed E-state index contributed by atoms with van der Waals surface area (Å²) in [6.07, 6.45) is 14.7. The number of thioether (sulfide) groups is 1. The Morgan fingerprint density at radius 1 is 0.932 bits per heavy atom. The highest BCUT2D eigenvalue weighted by Crippen LogP contribution is 2.32. The zero-order chi connectivity index (χ0) is 32.5. The average molecular weight is 645 g/mol. The van der Waals surface area contributed by atoms with E-state index in [9.17, 15) is 24.9 Å². The van der Waals surface area contributed by atoms with Crippen molar-refractivity contribution in [2.45, 2.75) is 178 Å². The van der Waals surface area contributed by atoms with Gasteiger partial charge in [-0.2, -0.15) is 0 Å². The van der Waals surface area contributed by atoms with Gasteiger partial charge in [-0.05, 0) is 45.4 Å². The van der Waals surface area contributed by atoms with Crippen molar-refractivity contribution in [2.75, 3.05) is 19.8 Å². The Balaban J connectivity index is 1.76. The maximum absolute atomic E-state index is 13.2. The third-order valence-corrected chi connectivity index (χ3v) is 10.2. The van der Waals surface area contributed by atoms with Crippen LogP contribution >= 0.6 is 11.8 Å². The second kappa shape index (κ2) is 21.8. The highest BCUT2D eigenvalue weighted by molar-refractivity contribution is 7.99. The molecule has 258 valence electrons. The first-order chi connectivity index (χ1) is 21.1. The third kappa shape index (κ3) is 13.1. The van der Waals surface area contributed by atoms with Crippen molar-refractivity contribution in [1.29, 1.82) is 0 Å². The van der Waals surface area contributed by atoms with Gasteiger partial charge in [0.15, 0.2) is 6.10 Å².